The smallest absolute Gasteiger partial charge is 0.341 e. The van der Waals surface area contributed by atoms with E-state index in [0.717, 1.165) is 30.9 Å². The fraction of sp³-hybridized carbons (Fsp3) is 0.684. The van der Waals surface area contributed by atoms with Gasteiger partial charge in [0.15, 0.2) is 0 Å². The van der Waals surface area contributed by atoms with Crippen molar-refractivity contribution in [3.63, 3.8) is 0 Å². The molecule has 1 heterocycles. The molecule has 0 saturated heterocycles. The second kappa shape index (κ2) is 7.08. The standard InChI is InChI=1S/C19H26N2O3S/c1-2-24-19(23)17-15(13-5-6-13)11-25-18(17)20-16(22)10-21(14-7-8-14)9-12-3-4-12/h11-14H,2-10H2,1H3,(H,20,22). The summed E-state index contributed by atoms with van der Waals surface area (Å²) in [6.07, 6.45) is 7.25. The Labute approximate surface area is 152 Å². The van der Waals surface area contributed by atoms with Crippen molar-refractivity contribution in [3.8, 4) is 0 Å². The van der Waals surface area contributed by atoms with Gasteiger partial charge in [-0.3, -0.25) is 9.69 Å². The molecule has 1 amide bonds. The summed E-state index contributed by atoms with van der Waals surface area (Å²) in [7, 11) is 0. The Bertz CT molecular complexity index is 660. The summed E-state index contributed by atoms with van der Waals surface area (Å²) in [5, 5.41) is 5.67. The van der Waals surface area contributed by atoms with Crippen LogP contribution < -0.4 is 5.32 Å². The summed E-state index contributed by atoms with van der Waals surface area (Å²) in [6, 6.07) is 0.584. The number of nitrogens with one attached hydrogen (secondary N) is 1. The Kier molecular flexibility index (Phi) is 4.82. The first-order valence-corrected chi connectivity index (χ1v) is 10.4. The largest absolute Gasteiger partial charge is 0.462 e. The topological polar surface area (TPSA) is 58.6 Å². The van der Waals surface area contributed by atoms with Gasteiger partial charge in [0.25, 0.3) is 0 Å². The molecule has 5 nitrogen and oxygen atoms in total. The summed E-state index contributed by atoms with van der Waals surface area (Å²) in [5.74, 6) is 0.922. The molecular formula is C19H26N2O3S. The van der Waals surface area contributed by atoms with E-state index in [1.54, 1.807) is 0 Å². The minimum atomic E-state index is -0.307. The summed E-state index contributed by atoms with van der Waals surface area (Å²) < 4.78 is 5.22. The molecule has 3 fully saturated rings. The third-order valence-corrected chi connectivity index (χ3v) is 6.08. The van der Waals surface area contributed by atoms with E-state index in [0.29, 0.717) is 35.7 Å². The van der Waals surface area contributed by atoms with Crippen molar-refractivity contribution in [1.82, 2.24) is 4.90 Å². The first kappa shape index (κ1) is 17.0. The maximum atomic E-state index is 12.6. The van der Waals surface area contributed by atoms with Crippen LogP contribution in [0.3, 0.4) is 0 Å². The van der Waals surface area contributed by atoms with E-state index in [1.807, 2.05) is 12.3 Å². The van der Waals surface area contributed by atoms with E-state index in [4.69, 9.17) is 4.74 Å². The molecule has 0 radical (unpaired) electrons. The third kappa shape index (κ3) is 4.23. The number of nitrogens with zero attached hydrogens (tertiary/aromatic N) is 1. The van der Waals surface area contributed by atoms with E-state index >= 15 is 0 Å². The highest BCUT2D eigenvalue weighted by Crippen LogP contribution is 2.46. The molecule has 136 valence electrons. The molecular weight excluding hydrogens is 336 g/mol. The van der Waals surface area contributed by atoms with Crippen LogP contribution in [0.25, 0.3) is 0 Å². The summed E-state index contributed by atoms with van der Waals surface area (Å²) in [4.78, 5) is 27.3. The Morgan fingerprint density at radius 2 is 2.00 bits per heavy atom. The number of hydrogen-bond acceptors (Lipinski definition) is 5. The van der Waals surface area contributed by atoms with Crippen molar-refractivity contribution in [2.45, 2.75) is 57.4 Å². The van der Waals surface area contributed by atoms with Gasteiger partial charge in [0.2, 0.25) is 5.91 Å². The number of esters is 1. The lowest BCUT2D eigenvalue weighted by molar-refractivity contribution is -0.117. The van der Waals surface area contributed by atoms with Gasteiger partial charge in [-0.05, 0) is 68.2 Å². The predicted octanol–water partition coefficient (Wildman–Crippen LogP) is 3.62. The molecule has 3 aliphatic carbocycles. The highest BCUT2D eigenvalue weighted by atomic mass is 32.1. The van der Waals surface area contributed by atoms with Gasteiger partial charge in [0.05, 0.1) is 18.7 Å². The predicted molar refractivity (Wildman–Crippen MR) is 98.2 cm³/mol. The molecule has 0 spiro atoms. The molecule has 3 aliphatic rings. The molecule has 6 heteroatoms. The molecule has 0 aliphatic heterocycles. The van der Waals surface area contributed by atoms with Crippen LogP contribution in [-0.2, 0) is 9.53 Å². The Hall–Kier alpha value is -1.40. The summed E-state index contributed by atoms with van der Waals surface area (Å²) in [5.41, 5.74) is 1.64. The van der Waals surface area contributed by atoms with E-state index < -0.39 is 0 Å². The molecule has 1 aromatic heterocycles. The molecule has 25 heavy (non-hydrogen) atoms. The number of ether oxygens (including phenoxy) is 1. The molecule has 3 saturated carbocycles. The lowest BCUT2D eigenvalue weighted by atomic mass is 10.1. The van der Waals surface area contributed by atoms with Crippen LogP contribution in [0.5, 0.6) is 0 Å². The minimum Gasteiger partial charge on any atom is -0.462 e. The van der Waals surface area contributed by atoms with Crippen molar-refractivity contribution < 1.29 is 14.3 Å². The molecule has 0 atom stereocenters. The number of rotatable bonds is 9. The minimum absolute atomic E-state index is 0.0118. The van der Waals surface area contributed by atoms with E-state index in [-0.39, 0.29) is 11.9 Å². The lowest BCUT2D eigenvalue weighted by Crippen LogP contribution is -2.36. The number of amides is 1. The fourth-order valence-electron chi connectivity index (χ4n) is 3.34. The molecule has 4 rings (SSSR count). The third-order valence-electron chi connectivity index (χ3n) is 5.17. The maximum Gasteiger partial charge on any atom is 0.341 e. The van der Waals surface area contributed by atoms with Gasteiger partial charge >= 0.3 is 5.97 Å². The van der Waals surface area contributed by atoms with Crippen LogP contribution in [0.4, 0.5) is 5.00 Å². The second-order valence-corrected chi connectivity index (χ2v) is 8.42. The van der Waals surface area contributed by atoms with E-state index in [9.17, 15) is 9.59 Å². The second-order valence-electron chi connectivity index (χ2n) is 7.54. The summed E-state index contributed by atoms with van der Waals surface area (Å²) in [6.45, 7) is 3.63. The van der Waals surface area contributed by atoms with Gasteiger partial charge in [-0.1, -0.05) is 0 Å². The van der Waals surface area contributed by atoms with Crippen molar-refractivity contribution in [1.29, 1.82) is 0 Å². The Morgan fingerprint density at radius 1 is 1.24 bits per heavy atom. The zero-order chi connectivity index (χ0) is 17.4. The number of hydrogen-bond donors (Lipinski definition) is 1. The molecule has 0 aromatic carbocycles. The quantitative estimate of drug-likeness (QED) is 0.682. The number of anilines is 1. The van der Waals surface area contributed by atoms with Crippen LogP contribution >= 0.6 is 11.3 Å². The fourth-order valence-corrected chi connectivity index (χ4v) is 4.38. The SMILES string of the molecule is CCOC(=O)c1c(C2CC2)csc1NC(=O)CN(CC1CC1)C1CC1. The monoisotopic (exact) mass is 362 g/mol. The van der Waals surface area contributed by atoms with Crippen LogP contribution in [0, 0.1) is 5.92 Å². The van der Waals surface area contributed by atoms with E-state index in [1.165, 1.54) is 37.0 Å². The number of carbonyl (C=O) groups excluding carboxylic acids is 2. The van der Waals surface area contributed by atoms with Crippen molar-refractivity contribution in [2.75, 3.05) is 25.0 Å². The highest BCUT2D eigenvalue weighted by Gasteiger charge is 2.35. The van der Waals surface area contributed by atoms with Crippen LogP contribution in [-0.4, -0.2) is 42.5 Å². The van der Waals surface area contributed by atoms with Gasteiger partial charge in [-0.15, -0.1) is 11.3 Å². The normalized spacial score (nSPS) is 19.9. The van der Waals surface area contributed by atoms with Gasteiger partial charge in [-0.2, -0.15) is 0 Å². The first-order valence-electron chi connectivity index (χ1n) is 9.48. The van der Waals surface area contributed by atoms with Crippen LogP contribution in [0.1, 0.15) is 67.3 Å². The van der Waals surface area contributed by atoms with Gasteiger partial charge in [0, 0.05) is 12.6 Å². The van der Waals surface area contributed by atoms with E-state index in [2.05, 4.69) is 10.2 Å². The zero-order valence-electron chi connectivity index (χ0n) is 14.8. The van der Waals surface area contributed by atoms with Gasteiger partial charge < -0.3 is 10.1 Å². The maximum absolute atomic E-state index is 12.6. The Balaban J connectivity index is 1.43. The summed E-state index contributed by atoms with van der Waals surface area (Å²) >= 11 is 1.45. The van der Waals surface area contributed by atoms with Gasteiger partial charge in [0.1, 0.15) is 5.00 Å². The van der Waals surface area contributed by atoms with Crippen LogP contribution in [0.15, 0.2) is 5.38 Å². The molecule has 1 N–H and O–H groups in total. The average molecular weight is 362 g/mol. The van der Waals surface area contributed by atoms with Crippen LogP contribution in [0.2, 0.25) is 0 Å². The molecule has 0 bridgehead atoms. The highest BCUT2D eigenvalue weighted by molar-refractivity contribution is 7.15. The Morgan fingerprint density at radius 3 is 2.60 bits per heavy atom. The molecule has 1 aromatic rings. The lowest BCUT2D eigenvalue weighted by Gasteiger charge is -2.21. The number of thiophene rings is 1. The van der Waals surface area contributed by atoms with Gasteiger partial charge in [-0.25, -0.2) is 4.79 Å². The zero-order valence-corrected chi connectivity index (χ0v) is 15.6. The molecule has 0 unspecified atom stereocenters. The van der Waals surface area contributed by atoms with Crippen molar-refractivity contribution in [2.24, 2.45) is 5.92 Å². The average Bonchev–Trinajstić information content (AvgIpc) is 3.43. The number of carbonyl (C=O) groups is 2. The van der Waals surface area contributed by atoms with Crippen molar-refractivity contribution >= 4 is 28.2 Å². The van der Waals surface area contributed by atoms with Crippen molar-refractivity contribution in [3.05, 3.63) is 16.5 Å². The first-order chi connectivity index (χ1) is 12.2.